The van der Waals surface area contributed by atoms with Crippen LogP contribution in [0, 0.1) is 6.92 Å². The molecule has 0 bridgehead atoms. The Hall–Kier alpha value is -2.92. The lowest BCUT2D eigenvalue weighted by Gasteiger charge is -2.10. The Bertz CT molecular complexity index is 937. The van der Waals surface area contributed by atoms with Gasteiger partial charge in [-0.05, 0) is 54.3 Å². The summed E-state index contributed by atoms with van der Waals surface area (Å²) in [5.41, 5.74) is 2.97. The Kier molecular flexibility index (Phi) is 3.63. The van der Waals surface area contributed by atoms with Crippen molar-refractivity contribution < 1.29 is 9.21 Å². The minimum Gasteiger partial charge on any atom is -0.463 e. The number of hydrazone groups is 1. The molecule has 1 aliphatic rings. The molecule has 0 saturated heterocycles. The summed E-state index contributed by atoms with van der Waals surface area (Å²) < 4.78 is 5.48. The van der Waals surface area contributed by atoms with E-state index in [1.54, 1.807) is 23.7 Å². The molecule has 4 nitrogen and oxygen atoms in total. The molecule has 1 aliphatic heterocycles. The lowest BCUT2D eigenvalue weighted by atomic mass is 10.1. The largest absolute Gasteiger partial charge is 0.463 e. The maximum atomic E-state index is 13.0. The van der Waals surface area contributed by atoms with Gasteiger partial charge in [-0.3, -0.25) is 4.79 Å². The highest BCUT2D eigenvalue weighted by Crippen LogP contribution is 2.29. The van der Waals surface area contributed by atoms with Crippen molar-refractivity contribution in [2.24, 2.45) is 5.10 Å². The molecular weight excluding hydrogens is 320 g/mol. The van der Waals surface area contributed by atoms with Crippen LogP contribution in [0.1, 0.15) is 16.2 Å². The van der Waals surface area contributed by atoms with Crippen LogP contribution in [-0.2, 0) is 4.79 Å². The first-order valence-electron chi connectivity index (χ1n) is 7.52. The van der Waals surface area contributed by atoms with E-state index in [4.69, 9.17) is 4.42 Å². The van der Waals surface area contributed by atoms with E-state index in [1.807, 2.05) is 60.8 Å². The normalized spacial score (nSPS) is 16.0. The Labute approximate surface area is 143 Å². The van der Waals surface area contributed by atoms with E-state index < -0.39 is 0 Å². The van der Waals surface area contributed by atoms with E-state index in [2.05, 4.69) is 5.10 Å². The summed E-state index contributed by atoms with van der Waals surface area (Å²) in [5.74, 6) is 0.433. The first-order chi connectivity index (χ1) is 11.7. The van der Waals surface area contributed by atoms with E-state index >= 15 is 0 Å². The van der Waals surface area contributed by atoms with Crippen molar-refractivity contribution in [2.75, 3.05) is 5.01 Å². The molecule has 0 N–H and O–H groups in total. The standard InChI is InChI=1S/C19H14N2O2S/c1-13-9-11-24-17(13)12-15-18(16-8-5-10-23-16)20-21(19(15)22)14-6-3-2-4-7-14/h2-12H,1H3. The Morgan fingerprint density at radius 3 is 2.62 bits per heavy atom. The SMILES string of the molecule is Cc1ccsc1C=C1C(=O)N(c2ccccc2)N=C1c1ccco1. The number of para-hydroxylation sites is 1. The van der Waals surface area contributed by atoms with Crippen LogP contribution >= 0.6 is 11.3 Å². The second-order valence-electron chi connectivity index (χ2n) is 5.40. The zero-order valence-corrected chi connectivity index (χ0v) is 13.8. The molecule has 0 radical (unpaired) electrons. The van der Waals surface area contributed by atoms with Crippen molar-refractivity contribution in [1.29, 1.82) is 0 Å². The van der Waals surface area contributed by atoms with Crippen LogP contribution < -0.4 is 5.01 Å². The molecule has 3 aromatic rings. The zero-order valence-electron chi connectivity index (χ0n) is 13.0. The molecule has 1 amide bonds. The molecule has 4 rings (SSSR count). The van der Waals surface area contributed by atoms with Gasteiger partial charge < -0.3 is 4.42 Å². The molecule has 24 heavy (non-hydrogen) atoms. The third kappa shape index (κ3) is 2.49. The number of furan rings is 1. The van der Waals surface area contributed by atoms with Crippen molar-refractivity contribution in [1.82, 2.24) is 0 Å². The molecule has 0 aliphatic carbocycles. The number of carbonyl (C=O) groups excluding carboxylic acids is 1. The lowest BCUT2D eigenvalue weighted by Crippen LogP contribution is -2.21. The van der Waals surface area contributed by atoms with Crippen LogP contribution in [0.3, 0.4) is 0 Å². The van der Waals surface area contributed by atoms with Gasteiger partial charge in [-0.1, -0.05) is 18.2 Å². The van der Waals surface area contributed by atoms with Crippen LogP contribution in [0.25, 0.3) is 6.08 Å². The highest BCUT2D eigenvalue weighted by atomic mass is 32.1. The van der Waals surface area contributed by atoms with Gasteiger partial charge in [-0.15, -0.1) is 11.3 Å². The third-order valence-electron chi connectivity index (χ3n) is 3.81. The predicted octanol–water partition coefficient (Wildman–Crippen LogP) is 4.48. The van der Waals surface area contributed by atoms with Gasteiger partial charge in [0.05, 0.1) is 17.5 Å². The number of hydrogen-bond acceptors (Lipinski definition) is 4. The van der Waals surface area contributed by atoms with Gasteiger partial charge in [0.25, 0.3) is 5.91 Å². The van der Waals surface area contributed by atoms with Crippen LogP contribution in [-0.4, -0.2) is 11.6 Å². The fourth-order valence-corrected chi connectivity index (χ4v) is 3.41. The quantitative estimate of drug-likeness (QED) is 0.663. The number of anilines is 1. The molecule has 0 saturated carbocycles. The van der Waals surface area contributed by atoms with E-state index in [-0.39, 0.29) is 5.91 Å². The van der Waals surface area contributed by atoms with Gasteiger partial charge in [0.2, 0.25) is 0 Å². The second-order valence-corrected chi connectivity index (χ2v) is 6.35. The molecule has 0 spiro atoms. The summed E-state index contributed by atoms with van der Waals surface area (Å²) in [5, 5.41) is 7.95. The van der Waals surface area contributed by atoms with Gasteiger partial charge in [0.1, 0.15) is 5.71 Å². The van der Waals surface area contributed by atoms with Gasteiger partial charge in [-0.2, -0.15) is 10.1 Å². The van der Waals surface area contributed by atoms with Crippen molar-refractivity contribution in [3.8, 4) is 0 Å². The summed E-state index contributed by atoms with van der Waals surface area (Å²) in [7, 11) is 0. The van der Waals surface area contributed by atoms with Gasteiger partial charge >= 0.3 is 0 Å². The third-order valence-corrected chi connectivity index (χ3v) is 4.78. The van der Waals surface area contributed by atoms with Crippen molar-refractivity contribution >= 4 is 34.7 Å². The molecule has 1 aromatic carbocycles. The zero-order chi connectivity index (χ0) is 16.5. The number of rotatable bonds is 3. The molecule has 0 unspecified atom stereocenters. The summed E-state index contributed by atoms with van der Waals surface area (Å²) in [6.07, 6.45) is 3.48. The minimum absolute atomic E-state index is 0.152. The van der Waals surface area contributed by atoms with E-state index in [0.717, 1.165) is 16.1 Å². The predicted molar refractivity (Wildman–Crippen MR) is 96.2 cm³/mol. The fraction of sp³-hybridized carbons (Fsp3) is 0.0526. The van der Waals surface area contributed by atoms with Crippen LogP contribution in [0.5, 0.6) is 0 Å². The topological polar surface area (TPSA) is 45.8 Å². The smallest absolute Gasteiger partial charge is 0.281 e. The number of carbonyl (C=O) groups is 1. The number of amides is 1. The molecule has 118 valence electrons. The molecular formula is C19H14N2O2S. The van der Waals surface area contributed by atoms with E-state index in [1.165, 1.54) is 5.01 Å². The summed E-state index contributed by atoms with van der Waals surface area (Å²) >= 11 is 1.60. The molecule has 0 fully saturated rings. The minimum atomic E-state index is -0.152. The van der Waals surface area contributed by atoms with Crippen LogP contribution in [0.4, 0.5) is 5.69 Å². The maximum Gasteiger partial charge on any atom is 0.281 e. The van der Waals surface area contributed by atoms with Gasteiger partial charge in [0.15, 0.2) is 5.76 Å². The monoisotopic (exact) mass is 334 g/mol. The second kappa shape index (κ2) is 5.94. The molecule has 5 heteroatoms. The number of benzene rings is 1. The van der Waals surface area contributed by atoms with E-state index in [9.17, 15) is 4.79 Å². The Balaban J connectivity index is 1.83. The Morgan fingerprint density at radius 1 is 1.12 bits per heavy atom. The number of aryl methyl sites for hydroxylation is 1. The number of thiophene rings is 1. The summed E-state index contributed by atoms with van der Waals surface area (Å²) in [6, 6.07) is 15.0. The first-order valence-corrected chi connectivity index (χ1v) is 8.40. The van der Waals surface area contributed by atoms with Gasteiger partial charge in [-0.25, -0.2) is 0 Å². The highest BCUT2D eigenvalue weighted by molar-refractivity contribution is 7.11. The van der Waals surface area contributed by atoms with Crippen LogP contribution in [0.15, 0.2) is 75.3 Å². The molecule has 3 heterocycles. The maximum absolute atomic E-state index is 13.0. The number of nitrogens with zero attached hydrogens (tertiary/aromatic N) is 2. The lowest BCUT2D eigenvalue weighted by molar-refractivity contribution is -0.114. The average Bonchev–Trinajstić information content (AvgIpc) is 3.32. The Morgan fingerprint density at radius 2 is 1.96 bits per heavy atom. The summed E-state index contributed by atoms with van der Waals surface area (Å²) in [4.78, 5) is 14.0. The molecule has 0 atom stereocenters. The summed E-state index contributed by atoms with van der Waals surface area (Å²) in [6.45, 7) is 2.03. The van der Waals surface area contributed by atoms with Crippen molar-refractivity contribution in [3.05, 3.63) is 81.9 Å². The van der Waals surface area contributed by atoms with Crippen molar-refractivity contribution in [2.45, 2.75) is 6.92 Å². The molecule has 2 aromatic heterocycles. The van der Waals surface area contributed by atoms with E-state index in [0.29, 0.717) is 17.0 Å². The first kappa shape index (κ1) is 14.7. The average molecular weight is 334 g/mol. The highest BCUT2D eigenvalue weighted by Gasteiger charge is 2.33. The number of hydrogen-bond donors (Lipinski definition) is 0. The fourth-order valence-electron chi connectivity index (χ4n) is 2.55. The van der Waals surface area contributed by atoms with Gasteiger partial charge in [0, 0.05) is 4.88 Å². The van der Waals surface area contributed by atoms with Crippen LogP contribution in [0.2, 0.25) is 0 Å². The van der Waals surface area contributed by atoms with Crippen molar-refractivity contribution in [3.63, 3.8) is 0 Å².